The van der Waals surface area contributed by atoms with Gasteiger partial charge in [0.05, 0.1) is 6.04 Å². The number of halogens is 4. The number of nitrogens with zero attached hydrogens (tertiary/aromatic N) is 1. The Kier molecular flexibility index (Phi) is 6.53. The fourth-order valence-electron chi connectivity index (χ4n) is 3.28. The minimum atomic E-state index is -1.41. The number of benzene rings is 2. The van der Waals surface area contributed by atoms with Crippen molar-refractivity contribution in [1.82, 2.24) is 15.5 Å². The highest BCUT2D eigenvalue weighted by Crippen LogP contribution is 2.35. The Bertz CT molecular complexity index is 1050. The van der Waals surface area contributed by atoms with E-state index >= 15 is 0 Å². The molecule has 30 heavy (non-hydrogen) atoms. The van der Waals surface area contributed by atoms with E-state index in [2.05, 4.69) is 10.6 Å². The molecular formula is C20H17Cl4N3O3. The topological polar surface area (TPSA) is 78.5 Å². The number of carbonyl (C=O) groups is 3. The summed E-state index contributed by atoms with van der Waals surface area (Å²) in [4.78, 5) is 38.8. The molecule has 2 aromatic rings. The minimum Gasteiger partial charge on any atom is -0.348 e. The van der Waals surface area contributed by atoms with Gasteiger partial charge in [0.25, 0.3) is 5.91 Å². The van der Waals surface area contributed by atoms with Crippen LogP contribution in [0.5, 0.6) is 0 Å². The van der Waals surface area contributed by atoms with Gasteiger partial charge in [-0.15, -0.1) is 0 Å². The normalized spacial score (nSPS) is 19.6. The van der Waals surface area contributed by atoms with E-state index in [4.69, 9.17) is 46.4 Å². The first-order valence-corrected chi connectivity index (χ1v) is 10.4. The molecule has 6 nitrogen and oxygen atoms in total. The van der Waals surface area contributed by atoms with E-state index in [0.29, 0.717) is 26.2 Å². The summed E-state index contributed by atoms with van der Waals surface area (Å²) in [5.41, 5.74) is -0.370. The van der Waals surface area contributed by atoms with Gasteiger partial charge in [0.2, 0.25) is 5.91 Å². The zero-order chi connectivity index (χ0) is 22.2. The molecule has 3 rings (SSSR count). The number of amides is 4. The molecule has 2 unspecified atom stereocenters. The fraction of sp³-hybridized carbons (Fsp3) is 0.250. The van der Waals surface area contributed by atoms with Crippen molar-refractivity contribution in [3.63, 3.8) is 0 Å². The van der Waals surface area contributed by atoms with Gasteiger partial charge in [-0.05, 0) is 43.7 Å². The van der Waals surface area contributed by atoms with Crippen LogP contribution >= 0.6 is 46.4 Å². The lowest BCUT2D eigenvalue weighted by molar-refractivity contribution is -0.135. The maximum Gasteiger partial charge on any atom is 0.325 e. The predicted octanol–water partition coefficient (Wildman–Crippen LogP) is 4.94. The lowest BCUT2D eigenvalue weighted by atomic mass is 9.92. The summed E-state index contributed by atoms with van der Waals surface area (Å²) in [6, 6.07) is 8.39. The molecule has 1 fully saturated rings. The molecule has 0 aromatic heterocycles. The number of carbonyl (C=O) groups excluding carboxylic acids is 3. The molecular weight excluding hydrogens is 472 g/mol. The van der Waals surface area contributed by atoms with E-state index in [-0.39, 0.29) is 5.02 Å². The molecule has 1 saturated heterocycles. The smallest absolute Gasteiger partial charge is 0.325 e. The van der Waals surface area contributed by atoms with Crippen LogP contribution < -0.4 is 10.6 Å². The standard InChI is InChI=1S/C20H17Cl4N3O3/c1-10(13-5-3-11(21)7-15(13)23)25-17(28)9-27-18(29)20(2,26-19(27)30)14-6-4-12(22)8-16(14)24/h3-8,10H,9H2,1-2H3,(H,25,28)(H,26,30). The molecule has 158 valence electrons. The summed E-state index contributed by atoms with van der Waals surface area (Å²) in [6.07, 6.45) is 0. The molecule has 2 N–H and O–H groups in total. The van der Waals surface area contributed by atoms with Crippen molar-refractivity contribution in [2.45, 2.75) is 25.4 Å². The number of hydrogen-bond acceptors (Lipinski definition) is 3. The molecule has 4 amide bonds. The Morgan fingerprint density at radius 1 is 1.07 bits per heavy atom. The second-order valence-corrected chi connectivity index (χ2v) is 8.71. The monoisotopic (exact) mass is 487 g/mol. The first kappa shape index (κ1) is 22.7. The van der Waals surface area contributed by atoms with Gasteiger partial charge in [0.15, 0.2) is 0 Å². The molecule has 10 heteroatoms. The average Bonchev–Trinajstić information content (AvgIpc) is 2.85. The van der Waals surface area contributed by atoms with Crippen LogP contribution in [0.1, 0.15) is 31.0 Å². The average molecular weight is 489 g/mol. The van der Waals surface area contributed by atoms with Crippen molar-refractivity contribution in [2.24, 2.45) is 0 Å². The van der Waals surface area contributed by atoms with E-state index in [1.807, 2.05) is 0 Å². The SMILES string of the molecule is CC(NC(=O)CN1C(=O)NC(C)(c2ccc(Cl)cc2Cl)C1=O)c1ccc(Cl)cc1Cl. The highest BCUT2D eigenvalue weighted by molar-refractivity contribution is 6.36. The third kappa shape index (κ3) is 4.37. The molecule has 2 atom stereocenters. The number of imide groups is 1. The molecule has 1 heterocycles. The third-order valence-electron chi connectivity index (χ3n) is 4.85. The van der Waals surface area contributed by atoms with Gasteiger partial charge in [0.1, 0.15) is 12.1 Å². The Morgan fingerprint density at radius 2 is 1.67 bits per heavy atom. The second kappa shape index (κ2) is 8.63. The lowest BCUT2D eigenvalue weighted by Gasteiger charge is -2.23. The summed E-state index contributed by atoms with van der Waals surface area (Å²) in [6.45, 7) is 2.80. The van der Waals surface area contributed by atoms with Gasteiger partial charge in [-0.1, -0.05) is 58.5 Å². The van der Waals surface area contributed by atoms with Crippen LogP contribution in [0.3, 0.4) is 0 Å². The number of nitrogens with one attached hydrogen (secondary N) is 2. The molecule has 0 bridgehead atoms. The van der Waals surface area contributed by atoms with Gasteiger partial charge in [-0.2, -0.15) is 0 Å². The van der Waals surface area contributed by atoms with Crippen LogP contribution in [-0.2, 0) is 15.1 Å². The van der Waals surface area contributed by atoms with E-state index in [1.165, 1.54) is 13.0 Å². The van der Waals surface area contributed by atoms with Crippen LogP contribution in [0.2, 0.25) is 20.1 Å². The highest BCUT2D eigenvalue weighted by Gasteiger charge is 2.50. The Hall–Kier alpha value is -1.99. The summed E-state index contributed by atoms with van der Waals surface area (Å²) in [5, 5.41) is 6.84. The van der Waals surface area contributed by atoms with Crippen LogP contribution in [0.25, 0.3) is 0 Å². The van der Waals surface area contributed by atoms with E-state index in [1.54, 1.807) is 37.3 Å². The Morgan fingerprint density at radius 3 is 2.27 bits per heavy atom. The molecule has 0 radical (unpaired) electrons. The highest BCUT2D eigenvalue weighted by atomic mass is 35.5. The van der Waals surface area contributed by atoms with Crippen molar-refractivity contribution in [3.05, 3.63) is 67.6 Å². The number of hydrogen-bond donors (Lipinski definition) is 2. The molecule has 1 aliphatic heterocycles. The first-order chi connectivity index (χ1) is 14.0. The van der Waals surface area contributed by atoms with Gasteiger partial charge in [-0.3, -0.25) is 14.5 Å². The predicted molar refractivity (Wildman–Crippen MR) is 117 cm³/mol. The quantitative estimate of drug-likeness (QED) is 0.584. The van der Waals surface area contributed by atoms with Crippen molar-refractivity contribution in [1.29, 1.82) is 0 Å². The first-order valence-electron chi connectivity index (χ1n) is 8.87. The van der Waals surface area contributed by atoms with Crippen molar-refractivity contribution in [3.8, 4) is 0 Å². The molecule has 0 saturated carbocycles. The van der Waals surface area contributed by atoms with Crippen molar-refractivity contribution < 1.29 is 14.4 Å². The van der Waals surface area contributed by atoms with Gasteiger partial charge in [0, 0.05) is 25.7 Å². The minimum absolute atomic E-state index is 0.232. The number of rotatable bonds is 5. The maximum atomic E-state index is 13.0. The zero-order valence-electron chi connectivity index (χ0n) is 15.9. The van der Waals surface area contributed by atoms with Crippen LogP contribution in [0, 0.1) is 0 Å². The van der Waals surface area contributed by atoms with Crippen LogP contribution in [0.15, 0.2) is 36.4 Å². The molecule has 2 aromatic carbocycles. The van der Waals surface area contributed by atoms with E-state index < -0.39 is 36.0 Å². The van der Waals surface area contributed by atoms with Crippen molar-refractivity contribution in [2.75, 3.05) is 6.54 Å². The summed E-state index contributed by atoms with van der Waals surface area (Å²) in [7, 11) is 0. The van der Waals surface area contributed by atoms with Crippen LogP contribution in [0.4, 0.5) is 4.79 Å². The molecule has 1 aliphatic rings. The largest absolute Gasteiger partial charge is 0.348 e. The maximum absolute atomic E-state index is 13.0. The van der Waals surface area contributed by atoms with Gasteiger partial charge >= 0.3 is 6.03 Å². The van der Waals surface area contributed by atoms with Gasteiger partial charge < -0.3 is 10.6 Å². The van der Waals surface area contributed by atoms with E-state index in [9.17, 15) is 14.4 Å². The third-order valence-corrected chi connectivity index (χ3v) is 5.96. The Balaban J connectivity index is 1.74. The second-order valence-electron chi connectivity index (χ2n) is 7.03. The van der Waals surface area contributed by atoms with Crippen LogP contribution in [-0.4, -0.2) is 29.3 Å². The zero-order valence-corrected chi connectivity index (χ0v) is 19.0. The Labute approximate surface area is 193 Å². The molecule has 0 spiro atoms. The summed E-state index contributed by atoms with van der Waals surface area (Å²) >= 11 is 24.2. The molecule has 0 aliphatic carbocycles. The van der Waals surface area contributed by atoms with Crippen molar-refractivity contribution >= 4 is 64.2 Å². The fourth-order valence-corrected chi connectivity index (χ4v) is 4.45. The van der Waals surface area contributed by atoms with Gasteiger partial charge in [-0.25, -0.2) is 4.79 Å². The summed E-state index contributed by atoms with van der Waals surface area (Å²) < 4.78 is 0. The summed E-state index contributed by atoms with van der Waals surface area (Å²) in [5.74, 6) is -1.12. The lowest BCUT2D eigenvalue weighted by Crippen LogP contribution is -2.43. The van der Waals surface area contributed by atoms with E-state index in [0.717, 1.165) is 4.90 Å². The number of urea groups is 1.